The Bertz CT molecular complexity index is 615. The van der Waals surface area contributed by atoms with Gasteiger partial charge in [-0.25, -0.2) is 0 Å². The minimum atomic E-state index is 0.478. The van der Waals surface area contributed by atoms with E-state index in [2.05, 4.69) is 52.6 Å². The first-order valence-electron chi connectivity index (χ1n) is 7.22. The fourth-order valence-electron chi connectivity index (χ4n) is 2.62. The molecule has 1 nitrogen and oxygen atoms in total. The van der Waals surface area contributed by atoms with Crippen LogP contribution in [0.5, 0.6) is 0 Å². The molecule has 0 fully saturated rings. The predicted molar refractivity (Wildman–Crippen MR) is 90.0 cm³/mol. The van der Waals surface area contributed by atoms with Crippen molar-refractivity contribution in [1.82, 2.24) is 0 Å². The average molecular weight is 265 g/mol. The molecule has 104 valence electrons. The molecule has 1 heterocycles. The summed E-state index contributed by atoms with van der Waals surface area (Å²) < 4.78 is 0. The summed E-state index contributed by atoms with van der Waals surface area (Å²) in [6, 6.07) is 4.49. The van der Waals surface area contributed by atoms with E-state index in [9.17, 15) is 0 Å². The van der Waals surface area contributed by atoms with E-state index < -0.39 is 0 Å². The second-order valence-electron chi connectivity index (χ2n) is 5.66. The third kappa shape index (κ3) is 2.53. The fourth-order valence-corrected chi connectivity index (χ4v) is 2.62. The molecule has 20 heavy (non-hydrogen) atoms. The van der Waals surface area contributed by atoms with Crippen molar-refractivity contribution in [2.24, 2.45) is 4.99 Å². The van der Waals surface area contributed by atoms with E-state index in [0.717, 1.165) is 35.4 Å². The molecular formula is C19H23N. The zero-order chi connectivity index (χ0) is 14.9. The molecule has 1 aliphatic rings. The molecule has 0 N–H and O–H groups in total. The molecule has 1 aromatic carbocycles. The van der Waals surface area contributed by atoms with Crippen molar-refractivity contribution >= 4 is 17.0 Å². The molecule has 0 bridgehead atoms. The van der Waals surface area contributed by atoms with Crippen molar-refractivity contribution in [2.45, 2.75) is 39.5 Å². The topological polar surface area (TPSA) is 12.4 Å². The van der Waals surface area contributed by atoms with E-state index in [0.29, 0.717) is 5.92 Å². The summed E-state index contributed by atoms with van der Waals surface area (Å²) in [5.41, 5.74) is 7.98. The van der Waals surface area contributed by atoms with Crippen LogP contribution in [0.4, 0.5) is 5.69 Å². The monoisotopic (exact) mass is 265 g/mol. The van der Waals surface area contributed by atoms with Crippen molar-refractivity contribution in [3.05, 3.63) is 60.2 Å². The zero-order valence-corrected chi connectivity index (χ0v) is 12.8. The van der Waals surface area contributed by atoms with Crippen LogP contribution in [0.1, 0.15) is 49.8 Å². The van der Waals surface area contributed by atoms with Crippen LogP contribution in [0, 0.1) is 0 Å². The number of hydrogen-bond acceptors (Lipinski definition) is 1. The smallest absolute Gasteiger partial charge is 0.0713 e. The van der Waals surface area contributed by atoms with Crippen LogP contribution in [0.3, 0.4) is 0 Å². The summed E-state index contributed by atoms with van der Waals surface area (Å²) >= 11 is 0. The highest BCUT2D eigenvalue weighted by molar-refractivity contribution is 6.11. The number of aliphatic imine (C=N–C) groups is 1. The van der Waals surface area contributed by atoms with Crippen LogP contribution in [0.25, 0.3) is 5.57 Å². The third-order valence-electron chi connectivity index (χ3n) is 3.84. The van der Waals surface area contributed by atoms with Crippen LogP contribution >= 0.6 is 0 Å². The van der Waals surface area contributed by atoms with Gasteiger partial charge in [0.2, 0.25) is 0 Å². The number of allylic oxidation sites excluding steroid dienone is 3. The summed E-state index contributed by atoms with van der Waals surface area (Å²) in [5, 5.41) is 0. The quantitative estimate of drug-likeness (QED) is 0.628. The third-order valence-corrected chi connectivity index (χ3v) is 3.84. The number of rotatable bonds is 4. The van der Waals surface area contributed by atoms with Crippen LogP contribution in [0.2, 0.25) is 0 Å². The molecule has 1 aliphatic heterocycles. The molecule has 0 atom stereocenters. The van der Waals surface area contributed by atoms with Crippen LogP contribution in [-0.2, 0) is 6.42 Å². The Hall–Kier alpha value is -1.89. The van der Waals surface area contributed by atoms with Gasteiger partial charge in [-0.1, -0.05) is 52.7 Å². The lowest BCUT2D eigenvalue weighted by Crippen LogP contribution is -2.09. The first kappa shape index (κ1) is 14.5. The Morgan fingerprint density at radius 1 is 1.40 bits per heavy atom. The molecule has 0 amide bonds. The lowest BCUT2D eigenvalue weighted by Gasteiger charge is -2.24. The summed E-state index contributed by atoms with van der Waals surface area (Å²) in [6.45, 7) is 18.7. The van der Waals surface area contributed by atoms with E-state index in [1.54, 1.807) is 6.08 Å². The number of hydrogen-bond donors (Lipinski definition) is 0. The molecule has 1 heteroatoms. The molecule has 0 saturated heterocycles. The number of nitrogens with zero attached hydrogens (tertiary/aromatic N) is 1. The van der Waals surface area contributed by atoms with E-state index in [-0.39, 0.29) is 0 Å². The zero-order valence-electron chi connectivity index (χ0n) is 12.8. The summed E-state index contributed by atoms with van der Waals surface area (Å²) in [5.74, 6) is 0.478. The van der Waals surface area contributed by atoms with Gasteiger partial charge in [0.25, 0.3) is 0 Å². The molecule has 0 aromatic heterocycles. The van der Waals surface area contributed by atoms with Gasteiger partial charge < -0.3 is 0 Å². The average Bonchev–Trinajstić information content (AvgIpc) is 2.44. The second-order valence-corrected chi connectivity index (χ2v) is 5.66. The highest BCUT2D eigenvalue weighted by Crippen LogP contribution is 2.40. The molecule has 0 radical (unpaired) electrons. The normalized spacial score (nSPS) is 14.0. The van der Waals surface area contributed by atoms with Gasteiger partial charge >= 0.3 is 0 Å². The minimum Gasteiger partial charge on any atom is -0.252 e. The number of fused-ring (bicyclic) bond motifs is 1. The summed E-state index contributed by atoms with van der Waals surface area (Å²) in [7, 11) is 0. The van der Waals surface area contributed by atoms with E-state index in [1.165, 1.54) is 16.7 Å². The summed E-state index contributed by atoms with van der Waals surface area (Å²) in [4.78, 5) is 4.80. The highest BCUT2D eigenvalue weighted by atomic mass is 14.8. The number of aryl methyl sites for hydroxylation is 1. The molecule has 0 spiro atoms. The maximum atomic E-state index is 4.80. The standard InChI is InChI=1S/C19H23N/c1-7-13(5)17-9-14(6)19-16(12(3)4)10-15(8-2)11-18(19)20-17/h7,10-12H,1,5-6,8-9H2,2-4H3. The number of benzene rings is 1. The molecular weight excluding hydrogens is 242 g/mol. The van der Waals surface area contributed by atoms with Crippen molar-refractivity contribution in [3.63, 3.8) is 0 Å². The maximum Gasteiger partial charge on any atom is 0.0713 e. The van der Waals surface area contributed by atoms with Crippen molar-refractivity contribution < 1.29 is 0 Å². The van der Waals surface area contributed by atoms with Gasteiger partial charge in [0, 0.05) is 12.0 Å². The fraction of sp³-hybridized carbons (Fsp3) is 0.316. The second kappa shape index (κ2) is 5.62. The van der Waals surface area contributed by atoms with Gasteiger partial charge in [-0.05, 0) is 40.7 Å². The van der Waals surface area contributed by atoms with Crippen molar-refractivity contribution in [3.8, 4) is 0 Å². The first-order chi connectivity index (χ1) is 9.47. The SMILES string of the molecule is C=CC(=C)C1=Nc2cc(CC)cc(C(C)C)c2C(=C)C1. The molecule has 0 aliphatic carbocycles. The molecule has 0 saturated carbocycles. The van der Waals surface area contributed by atoms with Crippen LogP contribution in [-0.4, -0.2) is 5.71 Å². The summed E-state index contributed by atoms with van der Waals surface area (Å²) in [6.07, 6.45) is 3.56. The van der Waals surface area contributed by atoms with Crippen molar-refractivity contribution in [2.75, 3.05) is 0 Å². The first-order valence-corrected chi connectivity index (χ1v) is 7.22. The van der Waals surface area contributed by atoms with E-state index in [1.807, 2.05) is 0 Å². The van der Waals surface area contributed by atoms with E-state index >= 15 is 0 Å². The Kier molecular flexibility index (Phi) is 4.08. The lowest BCUT2D eigenvalue weighted by atomic mass is 9.85. The molecule has 0 unspecified atom stereocenters. The Labute approximate surface area is 122 Å². The molecule has 1 aromatic rings. The molecule has 2 rings (SSSR count). The van der Waals surface area contributed by atoms with Crippen LogP contribution in [0.15, 0.2) is 48.5 Å². The van der Waals surface area contributed by atoms with Crippen molar-refractivity contribution in [1.29, 1.82) is 0 Å². The van der Waals surface area contributed by atoms with E-state index in [4.69, 9.17) is 4.99 Å². The maximum absolute atomic E-state index is 4.80. The minimum absolute atomic E-state index is 0.478. The Morgan fingerprint density at radius 2 is 2.10 bits per heavy atom. The lowest BCUT2D eigenvalue weighted by molar-refractivity contribution is 0.857. The van der Waals surface area contributed by atoms with Crippen LogP contribution < -0.4 is 0 Å². The Morgan fingerprint density at radius 3 is 2.65 bits per heavy atom. The predicted octanol–water partition coefficient (Wildman–Crippen LogP) is 5.60. The van der Waals surface area contributed by atoms with Gasteiger partial charge in [-0.2, -0.15) is 0 Å². The van der Waals surface area contributed by atoms with Gasteiger partial charge in [0.05, 0.1) is 11.4 Å². The van der Waals surface area contributed by atoms with Gasteiger partial charge in [-0.15, -0.1) is 0 Å². The van der Waals surface area contributed by atoms with Gasteiger partial charge in [-0.3, -0.25) is 4.99 Å². The largest absolute Gasteiger partial charge is 0.252 e. The highest BCUT2D eigenvalue weighted by Gasteiger charge is 2.21. The van der Waals surface area contributed by atoms with Gasteiger partial charge in [0.15, 0.2) is 0 Å². The Balaban J connectivity index is 2.67. The van der Waals surface area contributed by atoms with Gasteiger partial charge in [0.1, 0.15) is 0 Å².